The lowest BCUT2D eigenvalue weighted by molar-refractivity contribution is -0.139. The topological polar surface area (TPSA) is 50.4 Å². The van der Waals surface area contributed by atoms with Crippen molar-refractivity contribution >= 4 is 21.9 Å². The molecular weight excluding hydrogens is 224 g/mol. The van der Waals surface area contributed by atoms with E-state index in [1.54, 1.807) is 0 Å². The van der Waals surface area contributed by atoms with E-state index in [-0.39, 0.29) is 0 Å². The highest BCUT2D eigenvalue weighted by atomic mass is 79.9. The van der Waals surface area contributed by atoms with Gasteiger partial charge in [0.05, 0.1) is 0 Å². The second-order valence-corrected chi connectivity index (χ2v) is 3.65. The summed E-state index contributed by atoms with van der Waals surface area (Å²) < 4.78 is 5.86. The Morgan fingerprint density at radius 3 is 3.17 bits per heavy atom. The van der Waals surface area contributed by atoms with Crippen molar-refractivity contribution in [2.45, 2.75) is 18.8 Å². The van der Waals surface area contributed by atoms with Crippen LogP contribution in [0.15, 0.2) is 15.2 Å². The predicted molar refractivity (Wildman–Crippen MR) is 45.1 cm³/mol. The molecule has 0 aliphatic heterocycles. The molecule has 0 aromatic carbocycles. The van der Waals surface area contributed by atoms with Gasteiger partial charge in [-0.15, -0.1) is 0 Å². The molecule has 1 N–H and O–H groups in total. The Kier molecular flexibility index (Phi) is 1.72. The number of carboxylic acid groups (broad SMARTS) is 1. The summed E-state index contributed by atoms with van der Waals surface area (Å²) in [4.78, 5) is 10.7. The molecule has 64 valence electrons. The Balaban J connectivity index is 2.41. The molecule has 1 aliphatic carbocycles. The number of hydrogen-bond donors (Lipinski definition) is 1. The van der Waals surface area contributed by atoms with E-state index in [0.29, 0.717) is 16.9 Å². The quantitative estimate of drug-likeness (QED) is 0.805. The molecule has 2 rings (SSSR count). The summed E-state index contributed by atoms with van der Waals surface area (Å²) in [6.07, 6.45) is 1.47. The molecule has 0 fully saturated rings. The van der Waals surface area contributed by atoms with Crippen LogP contribution in [0.25, 0.3) is 0 Å². The lowest BCUT2D eigenvalue weighted by Crippen LogP contribution is -2.06. The number of halogens is 1. The van der Waals surface area contributed by atoms with Crippen LogP contribution in [0.1, 0.15) is 23.7 Å². The summed E-state index contributed by atoms with van der Waals surface area (Å²) in [5, 5.41) is 8.79. The average Bonchev–Trinajstić information content (AvgIpc) is 2.43. The van der Waals surface area contributed by atoms with Gasteiger partial charge in [-0.3, -0.25) is 4.79 Å². The van der Waals surface area contributed by atoms with Crippen molar-refractivity contribution in [3.8, 4) is 0 Å². The van der Waals surface area contributed by atoms with Crippen LogP contribution in [0.4, 0.5) is 0 Å². The van der Waals surface area contributed by atoms with E-state index in [9.17, 15) is 4.79 Å². The molecule has 0 saturated heterocycles. The lowest BCUT2D eigenvalue weighted by atomic mass is 10.1. The minimum Gasteiger partial charge on any atom is -0.481 e. The minimum atomic E-state index is -0.796. The van der Waals surface area contributed by atoms with Gasteiger partial charge in [0, 0.05) is 0 Å². The smallest absolute Gasteiger partial charge is 0.314 e. The normalized spacial score (nSPS) is 20.9. The van der Waals surface area contributed by atoms with Crippen molar-refractivity contribution in [3.63, 3.8) is 0 Å². The van der Waals surface area contributed by atoms with Crippen LogP contribution in [0.5, 0.6) is 0 Å². The highest BCUT2D eigenvalue weighted by molar-refractivity contribution is 9.10. The number of furan rings is 1. The first kappa shape index (κ1) is 7.86. The van der Waals surface area contributed by atoms with Gasteiger partial charge < -0.3 is 9.52 Å². The van der Waals surface area contributed by atoms with Crippen LogP contribution >= 0.6 is 15.9 Å². The second-order valence-electron chi connectivity index (χ2n) is 2.87. The third-order valence-electron chi connectivity index (χ3n) is 2.13. The van der Waals surface area contributed by atoms with Gasteiger partial charge in [-0.2, -0.15) is 0 Å². The van der Waals surface area contributed by atoms with E-state index < -0.39 is 11.9 Å². The highest BCUT2D eigenvalue weighted by Gasteiger charge is 2.32. The summed E-state index contributed by atoms with van der Waals surface area (Å²) in [7, 11) is 0. The largest absolute Gasteiger partial charge is 0.481 e. The van der Waals surface area contributed by atoms with Crippen LogP contribution in [-0.4, -0.2) is 11.1 Å². The molecule has 1 atom stereocenters. The molecule has 1 heterocycles. The van der Waals surface area contributed by atoms with E-state index in [1.807, 2.05) is 6.07 Å². The zero-order valence-corrected chi connectivity index (χ0v) is 7.80. The van der Waals surface area contributed by atoms with Crippen LogP contribution in [0, 0.1) is 0 Å². The number of aryl methyl sites for hydroxylation is 1. The van der Waals surface area contributed by atoms with Gasteiger partial charge in [0.15, 0.2) is 4.67 Å². The summed E-state index contributed by atoms with van der Waals surface area (Å²) in [6.45, 7) is 0. The Hall–Kier alpha value is -0.770. The molecule has 0 amide bonds. The molecule has 1 aromatic heterocycles. The number of rotatable bonds is 1. The third kappa shape index (κ3) is 1.06. The molecule has 3 nitrogen and oxygen atoms in total. The molecule has 1 aliphatic rings. The van der Waals surface area contributed by atoms with Crippen molar-refractivity contribution in [2.75, 3.05) is 0 Å². The molecule has 0 saturated carbocycles. The lowest BCUT2D eigenvalue weighted by Gasteiger charge is -1.99. The molecule has 0 radical (unpaired) electrons. The minimum absolute atomic E-state index is 0.439. The van der Waals surface area contributed by atoms with Gasteiger partial charge in [-0.25, -0.2) is 0 Å². The Labute approximate surface area is 77.5 Å². The summed E-state index contributed by atoms with van der Waals surface area (Å²) in [5.74, 6) is -0.615. The van der Waals surface area contributed by atoms with Gasteiger partial charge >= 0.3 is 5.97 Å². The van der Waals surface area contributed by atoms with Gasteiger partial charge in [0.1, 0.15) is 11.7 Å². The molecule has 12 heavy (non-hydrogen) atoms. The first-order valence-corrected chi connectivity index (χ1v) is 4.48. The highest BCUT2D eigenvalue weighted by Crippen LogP contribution is 2.36. The Morgan fingerprint density at radius 1 is 1.75 bits per heavy atom. The van der Waals surface area contributed by atoms with E-state index in [2.05, 4.69) is 15.9 Å². The molecular formula is C8H7BrO3. The van der Waals surface area contributed by atoms with Crippen LogP contribution in [0.3, 0.4) is 0 Å². The molecule has 4 heteroatoms. The summed E-state index contributed by atoms with van der Waals surface area (Å²) in [6, 6.07) is 1.85. The second kappa shape index (κ2) is 2.62. The fourth-order valence-electron chi connectivity index (χ4n) is 1.57. The van der Waals surface area contributed by atoms with Crippen LogP contribution < -0.4 is 0 Å². The SMILES string of the molecule is O=C(O)C1CCc2cc(Br)oc21. The molecule has 1 aromatic rings. The third-order valence-corrected chi connectivity index (χ3v) is 2.52. The first-order valence-electron chi connectivity index (χ1n) is 3.69. The van der Waals surface area contributed by atoms with E-state index in [0.717, 1.165) is 12.0 Å². The molecule has 0 spiro atoms. The number of carbonyl (C=O) groups is 1. The van der Waals surface area contributed by atoms with Crippen molar-refractivity contribution in [3.05, 3.63) is 22.1 Å². The van der Waals surface area contributed by atoms with Crippen molar-refractivity contribution < 1.29 is 14.3 Å². The zero-order valence-electron chi connectivity index (χ0n) is 6.21. The first-order chi connectivity index (χ1) is 5.68. The average molecular weight is 231 g/mol. The Bertz CT molecular complexity index is 329. The van der Waals surface area contributed by atoms with Crippen LogP contribution in [-0.2, 0) is 11.2 Å². The zero-order chi connectivity index (χ0) is 8.72. The van der Waals surface area contributed by atoms with E-state index >= 15 is 0 Å². The number of aliphatic carboxylic acids is 1. The van der Waals surface area contributed by atoms with E-state index in [1.165, 1.54) is 0 Å². The van der Waals surface area contributed by atoms with E-state index in [4.69, 9.17) is 9.52 Å². The van der Waals surface area contributed by atoms with Crippen molar-refractivity contribution in [1.29, 1.82) is 0 Å². The maximum absolute atomic E-state index is 10.7. The summed E-state index contributed by atoms with van der Waals surface area (Å²) in [5.41, 5.74) is 1.02. The molecule has 0 bridgehead atoms. The summed E-state index contributed by atoms with van der Waals surface area (Å²) >= 11 is 3.17. The van der Waals surface area contributed by atoms with Crippen molar-refractivity contribution in [2.24, 2.45) is 0 Å². The number of hydrogen-bond acceptors (Lipinski definition) is 2. The number of carboxylic acids is 1. The van der Waals surface area contributed by atoms with Crippen molar-refractivity contribution in [1.82, 2.24) is 0 Å². The van der Waals surface area contributed by atoms with Gasteiger partial charge in [-0.1, -0.05) is 0 Å². The monoisotopic (exact) mass is 230 g/mol. The molecule has 1 unspecified atom stereocenters. The fraction of sp³-hybridized carbons (Fsp3) is 0.375. The predicted octanol–water partition coefficient (Wildman–Crippen LogP) is 2.16. The fourth-order valence-corrected chi connectivity index (χ4v) is 2.02. The maximum Gasteiger partial charge on any atom is 0.314 e. The van der Waals surface area contributed by atoms with Crippen LogP contribution in [0.2, 0.25) is 0 Å². The number of fused-ring (bicyclic) bond motifs is 1. The standard InChI is InChI=1S/C8H7BrO3/c9-6-3-4-1-2-5(8(10)11)7(4)12-6/h3,5H,1-2H2,(H,10,11). The van der Waals surface area contributed by atoms with Gasteiger partial charge in [0.2, 0.25) is 0 Å². The Morgan fingerprint density at radius 2 is 2.50 bits per heavy atom. The maximum atomic E-state index is 10.7. The van der Waals surface area contributed by atoms with Gasteiger partial charge in [-0.05, 0) is 40.4 Å². The van der Waals surface area contributed by atoms with Gasteiger partial charge in [0.25, 0.3) is 0 Å².